The average Bonchev–Trinajstić information content (AvgIpc) is 3.31. The van der Waals surface area contributed by atoms with Crippen LogP contribution in [0.5, 0.6) is 5.75 Å². The summed E-state index contributed by atoms with van der Waals surface area (Å²) in [6, 6.07) is 5.77. The number of thiazole rings is 1. The Morgan fingerprint density at radius 3 is 2.35 bits per heavy atom. The van der Waals surface area contributed by atoms with E-state index in [9.17, 15) is 35.9 Å². The molecule has 4 bridgehead atoms. The van der Waals surface area contributed by atoms with E-state index in [2.05, 4.69) is 20.5 Å². The number of rotatable bonds is 6. The quantitative estimate of drug-likeness (QED) is 0.338. The zero-order valence-corrected chi connectivity index (χ0v) is 23.3. The van der Waals surface area contributed by atoms with Crippen molar-refractivity contribution in [2.45, 2.75) is 55.7 Å². The number of carbonyl (C=O) groups excluding carboxylic acids is 2. The van der Waals surface area contributed by atoms with Crippen LogP contribution in [0, 0.1) is 5.41 Å². The number of amides is 2. The van der Waals surface area contributed by atoms with E-state index in [-0.39, 0.29) is 48.2 Å². The van der Waals surface area contributed by atoms with Crippen LogP contribution in [-0.2, 0) is 10.9 Å². The average molecular weight is 627 g/mol. The molecule has 1 aromatic heterocycles. The monoisotopic (exact) mass is 626 g/mol. The van der Waals surface area contributed by atoms with Gasteiger partial charge in [0.1, 0.15) is 11.3 Å². The number of methoxy groups -OCH3 is 1. The third kappa shape index (κ3) is 4.33. The third-order valence-corrected chi connectivity index (χ3v) is 10.1. The van der Waals surface area contributed by atoms with Gasteiger partial charge in [0.25, 0.3) is 11.8 Å². The first kappa shape index (κ1) is 28.2. The van der Waals surface area contributed by atoms with E-state index in [0.717, 1.165) is 12.5 Å². The Labute approximate surface area is 244 Å². The molecule has 3 saturated carbocycles. The molecule has 2 amide bonds. The van der Waals surface area contributed by atoms with Gasteiger partial charge in [0, 0.05) is 5.54 Å². The molecule has 3 aromatic rings. The predicted molar refractivity (Wildman–Crippen MR) is 144 cm³/mol. The minimum Gasteiger partial charge on any atom is -0.496 e. The van der Waals surface area contributed by atoms with Gasteiger partial charge in [-0.3, -0.25) is 9.59 Å². The zero-order valence-electron chi connectivity index (χ0n) is 22.5. The lowest BCUT2D eigenvalue weighted by Crippen LogP contribution is -2.78. The van der Waals surface area contributed by atoms with E-state index >= 15 is 0 Å². The highest BCUT2D eigenvalue weighted by atomic mass is 32.1. The van der Waals surface area contributed by atoms with Crippen molar-refractivity contribution in [1.82, 2.24) is 10.3 Å². The minimum absolute atomic E-state index is 0.0287. The Morgan fingerprint density at radius 1 is 1.05 bits per heavy atom. The maximum absolute atomic E-state index is 13.7. The predicted octanol–water partition coefficient (Wildman–Crippen LogP) is 5.77. The van der Waals surface area contributed by atoms with E-state index < -0.39 is 46.4 Å². The van der Waals surface area contributed by atoms with Crippen LogP contribution < -0.4 is 20.3 Å². The van der Waals surface area contributed by atoms with Gasteiger partial charge < -0.3 is 25.0 Å². The van der Waals surface area contributed by atoms with Gasteiger partial charge in [-0.05, 0) is 56.0 Å². The first-order chi connectivity index (χ1) is 20.2. The molecule has 2 aromatic carbocycles. The number of aromatic nitrogens is 1. The maximum atomic E-state index is 13.7. The minimum atomic E-state index is -4.79. The van der Waals surface area contributed by atoms with E-state index in [1.807, 2.05) is 0 Å². The molecule has 5 aliphatic rings. The molecule has 3 heterocycles. The van der Waals surface area contributed by atoms with Gasteiger partial charge in [-0.15, -0.1) is 0 Å². The SMILES string of the molecule is COc1ccc2nc(N3C4COCC3C4)sc2c1C(=O)Nc1cc(C(F)(F)F)ccc1C(=O)NC12CC(C(F)(F)F)(C1)C2. The summed E-state index contributed by atoms with van der Waals surface area (Å²) in [4.78, 5) is 33.7. The zero-order chi connectivity index (χ0) is 30.5. The lowest BCUT2D eigenvalue weighted by Gasteiger charge is -2.70. The van der Waals surface area contributed by atoms with Crippen LogP contribution in [0.4, 0.5) is 37.2 Å². The molecule has 8 nitrogen and oxygen atoms in total. The number of anilines is 2. The van der Waals surface area contributed by atoms with Crippen LogP contribution in [0.15, 0.2) is 30.3 Å². The van der Waals surface area contributed by atoms with Crippen molar-refractivity contribution in [2.75, 3.05) is 30.5 Å². The molecule has 2 aliphatic heterocycles. The van der Waals surface area contributed by atoms with Crippen molar-refractivity contribution >= 4 is 44.2 Å². The number of carbonyl (C=O) groups is 2. The van der Waals surface area contributed by atoms with Gasteiger partial charge in [-0.25, -0.2) is 4.98 Å². The topological polar surface area (TPSA) is 92.8 Å². The van der Waals surface area contributed by atoms with Gasteiger partial charge in [0.15, 0.2) is 5.13 Å². The Bertz CT molecular complexity index is 1640. The van der Waals surface area contributed by atoms with Gasteiger partial charge >= 0.3 is 12.4 Å². The summed E-state index contributed by atoms with van der Waals surface area (Å²) in [6.07, 6.45) is -9.11. The summed E-state index contributed by atoms with van der Waals surface area (Å²) >= 11 is 1.24. The number of alkyl halides is 6. The van der Waals surface area contributed by atoms with Crippen molar-refractivity contribution in [3.05, 3.63) is 47.0 Å². The largest absolute Gasteiger partial charge is 0.496 e. The third-order valence-electron chi connectivity index (χ3n) is 8.98. The van der Waals surface area contributed by atoms with E-state index in [4.69, 9.17) is 9.47 Å². The molecule has 2 atom stereocenters. The molecule has 2 saturated heterocycles. The molecule has 5 fully saturated rings. The second-order valence-electron chi connectivity index (χ2n) is 11.7. The van der Waals surface area contributed by atoms with Crippen LogP contribution in [0.2, 0.25) is 0 Å². The summed E-state index contributed by atoms with van der Waals surface area (Å²) in [5.74, 6) is -1.56. The van der Waals surface area contributed by atoms with E-state index in [0.29, 0.717) is 40.7 Å². The van der Waals surface area contributed by atoms with Crippen LogP contribution in [0.1, 0.15) is 52.0 Å². The molecule has 0 radical (unpaired) electrons. The summed E-state index contributed by atoms with van der Waals surface area (Å²) in [5.41, 5.74) is -4.25. The highest BCUT2D eigenvalue weighted by molar-refractivity contribution is 7.22. The fraction of sp³-hybridized carbons (Fsp3) is 0.464. The number of benzene rings is 2. The van der Waals surface area contributed by atoms with E-state index in [1.165, 1.54) is 24.5 Å². The summed E-state index contributed by atoms with van der Waals surface area (Å²) < 4.78 is 92.2. The number of morpholine rings is 1. The molecule has 3 aliphatic carbocycles. The second kappa shape index (κ2) is 9.21. The summed E-state index contributed by atoms with van der Waals surface area (Å²) in [7, 11) is 1.34. The molecule has 2 unspecified atom stereocenters. The van der Waals surface area contributed by atoms with Crippen molar-refractivity contribution in [1.29, 1.82) is 0 Å². The van der Waals surface area contributed by atoms with Gasteiger partial charge in [-0.2, -0.15) is 26.3 Å². The fourth-order valence-corrected chi connectivity index (χ4v) is 8.09. The number of halogens is 6. The number of fused-ring (bicyclic) bond motifs is 3. The van der Waals surface area contributed by atoms with E-state index in [1.54, 1.807) is 6.07 Å². The Kier molecular flexibility index (Phi) is 6.04. The molecule has 228 valence electrons. The molecule has 2 N–H and O–H groups in total. The molecule has 0 spiro atoms. The lowest BCUT2D eigenvalue weighted by atomic mass is 9.39. The van der Waals surface area contributed by atoms with Gasteiger partial charge in [0.05, 0.1) is 64.9 Å². The first-order valence-electron chi connectivity index (χ1n) is 13.5. The van der Waals surface area contributed by atoms with Crippen LogP contribution in [-0.4, -0.2) is 60.9 Å². The molecule has 15 heteroatoms. The van der Waals surface area contributed by atoms with Crippen LogP contribution >= 0.6 is 11.3 Å². The summed E-state index contributed by atoms with van der Waals surface area (Å²) in [5, 5.41) is 5.69. The Balaban J connectivity index is 1.20. The molecular weight excluding hydrogens is 602 g/mol. The molecule has 43 heavy (non-hydrogen) atoms. The fourth-order valence-electron chi connectivity index (χ4n) is 6.84. The smallest absolute Gasteiger partial charge is 0.416 e. The van der Waals surface area contributed by atoms with Gasteiger partial charge in [-0.1, -0.05) is 11.3 Å². The number of ether oxygens (including phenoxy) is 2. The van der Waals surface area contributed by atoms with Crippen molar-refractivity contribution in [2.24, 2.45) is 5.41 Å². The molecular formula is C28H24F6N4O4S. The highest BCUT2D eigenvalue weighted by Crippen LogP contribution is 2.73. The number of nitrogens with zero attached hydrogens (tertiary/aromatic N) is 2. The van der Waals surface area contributed by atoms with Crippen molar-refractivity contribution in [3.8, 4) is 5.75 Å². The highest BCUT2D eigenvalue weighted by Gasteiger charge is 2.79. The lowest BCUT2D eigenvalue weighted by molar-refractivity contribution is -0.336. The van der Waals surface area contributed by atoms with Crippen molar-refractivity contribution in [3.63, 3.8) is 0 Å². The number of nitrogens with one attached hydrogen (secondary N) is 2. The van der Waals surface area contributed by atoms with Crippen LogP contribution in [0.25, 0.3) is 10.2 Å². The second-order valence-corrected chi connectivity index (χ2v) is 12.7. The number of hydrogen-bond acceptors (Lipinski definition) is 7. The normalized spacial score (nSPS) is 27.6. The summed E-state index contributed by atoms with van der Waals surface area (Å²) in [6.45, 7) is 1.11. The van der Waals surface area contributed by atoms with Gasteiger partial charge in [0.2, 0.25) is 0 Å². The first-order valence-corrected chi connectivity index (χ1v) is 14.3. The molecule has 8 rings (SSSR count). The Morgan fingerprint density at radius 2 is 1.74 bits per heavy atom. The standard InChI is InChI=1S/C28H24F6N4O4S/c1-41-19-5-4-17-21(43-24(36-17)38-14-7-15(38)9-42-8-14)20(19)23(40)35-18-6-13(27(29,30)31)2-3-16(18)22(39)37-26-10-25(11-26,12-26)28(32,33)34/h2-6,14-15H,7-12H2,1H3,(H,35,40)(H,37,39). The van der Waals surface area contributed by atoms with Crippen molar-refractivity contribution < 1.29 is 45.4 Å². The Hall–Kier alpha value is -3.59. The number of hydrogen-bond donors (Lipinski definition) is 2. The van der Waals surface area contributed by atoms with Crippen LogP contribution in [0.3, 0.4) is 0 Å². The maximum Gasteiger partial charge on any atom is 0.416 e.